The van der Waals surface area contributed by atoms with Gasteiger partial charge in [0.2, 0.25) is 0 Å². The Bertz CT molecular complexity index is 141. The second kappa shape index (κ2) is 7.79. The summed E-state index contributed by atoms with van der Waals surface area (Å²) in [6.45, 7) is 12.2. The van der Waals surface area contributed by atoms with Crippen molar-refractivity contribution in [1.29, 1.82) is 0 Å². The van der Waals surface area contributed by atoms with Gasteiger partial charge in [-0.25, -0.2) is 0 Å². The second-order valence-electron chi connectivity index (χ2n) is 2.39. The largest absolute Gasteiger partial charge is 0.446 e. The van der Waals surface area contributed by atoms with E-state index in [4.69, 9.17) is 18.9 Å². The fourth-order valence-corrected chi connectivity index (χ4v) is 0.991. The van der Waals surface area contributed by atoms with Crippen LogP contribution in [0.25, 0.3) is 0 Å². The molecule has 4 nitrogen and oxygen atoms in total. The number of rotatable bonds is 9. The van der Waals surface area contributed by atoms with Gasteiger partial charge in [0.05, 0.1) is 19.5 Å². The summed E-state index contributed by atoms with van der Waals surface area (Å²) in [6.07, 6.45) is 1.28. The van der Waals surface area contributed by atoms with Crippen LogP contribution in [0.3, 0.4) is 0 Å². The van der Waals surface area contributed by atoms with Gasteiger partial charge in [0.25, 0.3) is 0 Å². The lowest BCUT2D eigenvalue weighted by molar-refractivity contribution is -0.373. The van der Waals surface area contributed by atoms with Gasteiger partial charge in [-0.15, -0.1) is 0 Å². The molecule has 0 fully saturated rings. The average Bonchev–Trinajstić information content (AvgIpc) is 2.16. The Morgan fingerprint density at radius 1 is 1.21 bits per heavy atom. The lowest BCUT2D eigenvalue weighted by atomic mass is 10.5. The van der Waals surface area contributed by atoms with Crippen molar-refractivity contribution in [3.63, 3.8) is 0 Å². The Hall–Kier alpha value is -0.580. The highest BCUT2D eigenvalue weighted by Gasteiger charge is 2.33. The van der Waals surface area contributed by atoms with E-state index < -0.39 is 5.97 Å². The third-order valence-electron chi connectivity index (χ3n) is 1.41. The van der Waals surface area contributed by atoms with E-state index in [9.17, 15) is 0 Å². The van der Waals surface area contributed by atoms with E-state index in [1.807, 2.05) is 13.8 Å². The average molecular weight is 203 g/mol. The minimum atomic E-state index is -1.18. The Morgan fingerprint density at radius 3 is 2.14 bits per heavy atom. The molecule has 83 valence electrons. The molecule has 0 unspecified atom stereocenters. The smallest absolute Gasteiger partial charge is 0.351 e. The maximum absolute atomic E-state index is 5.34. The van der Waals surface area contributed by atoms with Crippen molar-refractivity contribution < 1.29 is 18.9 Å². The molecule has 0 rings (SSSR count). The highest BCUT2D eigenvalue weighted by molar-refractivity contribution is 4.62. The first kappa shape index (κ1) is 13.4. The number of hydrogen-bond acceptors (Lipinski definition) is 4. The maximum atomic E-state index is 5.34. The maximum Gasteiger partial charge on any atom is 0.351 e. The molecule has 0 spiro atoms. The van der Waals surface area contributed by atoms with Gasteiger partial charge in [0, 0.05) is 6.61 Å². The first-order valence-corrected chi connectivity index (χ1v) is 4.68. The minimum absolute atomic E-state index is 0.171. The first-order valence-electron chi connectivity index (χ1n) is 4.68. The molecule has 0 aliphatic carbocycles. The van der Waals surface area contributed by atoms with Gasteiger partial charge >= 0.3 is 5.97 Å². The van der Waals surface area contributed by atoms with Gasteiger partial charge in [-0.05, 0) is 20.8 Å². The van der Waals surface area contributed by atoms with Crippen LogP contribution in [0.4, 0.5) is 0 Å². The summed E-state index contributed by atoms with van der Waals surface area (Å²) in [5, 5.41) is 0. The summed E-state index contributed by atoms with van der Waals surface area (Å²) in [5.74, 6) is -1.18. The molecule has 0 aromatic heterocycles. The van der Waals surface area contributed by atoms with Crippen LogP contribution >= 0.6 is 0 Å². The molecular weight excluding hydrogens is 184 g/mol. The van der Waals surface area contributed by atoms with E-state index in [1.54, 1.807) is 0 Å². The third-order valence-corrected chi connectivity index (χ3v) is 1.41. The first-order chi connectivity index (χ1) is 6.74. The molecule has 0 aliphatic heterocycles. The van der Waals surface area contributed by atoms with E-state index in [0.29, 0.717) is 19.8 Å². The topological polar surface area (TPSA) is 36.9 Å². The van der Waals surface area contributed by atoms with Crippen LogP contribution in [-0.4, -0.2) is 32.4 Å². The SMILES string of the molecule is [CH2]COCC(OC=C)(OCC)OCC. The summed E-state index contributed by atoms with van der Waals surface area (Å²) < 4.78 is 21.0. The zero-order valence-corrected chi connectivity index (χ0v) is 8.95. The van der Waals surface area contributed by atoms with Crippen LogP contribution in [0.5, 0.6) is 0 Å². The van der Waals surface area contributed by atoms with E-state index in [-0.39, 0.29) is 6.61 Å². The Labute approximate surface area is 85.8 Å². The molecule has 0 atom stereocenters. The zero-order chi connectivity index (χ0) is 10.9. The summed E-state index contributed by atoms with van der Waals surface area (Å²) in [7, 11) is 0. The van der Waals surface area contributed by atoms with Crippen LogP contribution in [0, 0.1) is 6.92 Å². The highest BCUT2D eigenvalue weighted by atomic mass is 16.9. The molecule has 0 N–H and O–H groups in total. The Kier molecular flexibility index (Phi) is 7.47. The number of ether oxygens (including phenoxy) is 4. The number of hydrogen-bond donors (Lipinski definition) is 0. The fraction of sp³-hybridized carbons (Fsp3) is 0.700. The molecule has 0 aromatic rings. The van der Waals surface area contributed by atoms with Crippen molar-refractivity contribution in [2.24, 2.45) is 0 Å². The molecule has 0 saturated heterocycles. The van der Waals surface area contributed by atoms with Gasteiger partial charge in [-0.2, -0.15) is 0 Å². The van der Waals surface area contributed by atoms with Crippen molar-refractivity contribution in [1.82, 2.24) is 0 Å². The third kappa shape index (κ3) is 4.60. The summed E-state index contributed by atoms with van der Waals surface area (Å²) in [5.41, 5.74) is 0. The van der Waals surface area contributed by atoms with Crippen molar-refractivity contribution in [3.8, 4) is 0 Å². The highest BCUT2D eigenvalue weighted by Crippen LogP contribution is 2.16. The summed E-state index contributed by atoms with van der Waals surface area (Å²) in [4.78, 5) is 0. The normalized spacial score (nSPS) is 11.4. The van der Waals surface area contributed by atoms with Crippen LogP contribution in [0.1, 0.15) is 13.8 Å². The summed E-state index contributed by atoms with van der Waals surface area (Å²) in [6, 6.07) is 0. The molecule has 0 aliphatic rings. The molecule has 0 bridgehead atoms. The zero-order valence-electron chi connectivity index (χ0n) is 8.95. The molecule has 1 radical (unpaired) electrons. The van der Waals surface area contributed by atoms with E-state index in [2.05, 4.69) is 13.5 Å². The standard InChI is InChI=1S/C10H19O4/c1-5-11-9-10(12-6-2,13-7-3)14-8-4/h6H,1-2,5,7-9H2,3-4H3. The molecule has 0 aromatic carbocycles. The molecule has 0 heterocycles. The van der Waals surface area contributed by atoms with Crippen molar-refractivity contribution >= 4 is 0 Å². The van der Waals surface area contributed by atoms with Gasteiger partial charge in [0.15, 0.2) is 0 Å². The van der Waals surface area contributed by atoms with Crippen LogP contribution in [0.15, 0.2) is 12.8 Å². The van der Waals surface area contributed by atoms with Gasteiger partial charge < -0.3 is 18.9 Å². The molecule has 14 heavy (non-hydrogen) atoms. The van der Waals surface area contributed by atoms with E-state index in [0.717, 1.165) is 0 Å². The quantitative estimate of drug-likeness (QED) is 0.422. The van der Waals surface area contributed by atoms with E-state index >= 15 is 0 Å². The second-order valence-corrected chi connectivity index (χ2v) is 2.39. The lowest BCUT2D eigenvalue weighted by Crippen LogP contribution is -2.42. The monoisotopic (exact) mass is 203 g/mol. The Morgan fingerprint density at radius 2 is 1.79 bits per heavy atom. The van der Waals surface area contributed by atoms with E-state index in [1.165, 1.54) is 6.26 Å². The predicted molar refractivity (Wildman–Crippen MR) is 53.4 cm³/mol. The molecule has 4 heteroatoms. The predicted octanol–water partition coefficient (Wildman–Crippen LogP) is 1.72. The van der Waals surface area contributed by atoms with Crippen molar-refractivity contribution in [2.75, 3.05) is 26.4 Å². The van der Waals surface area contributed by atoms with Crippen LogP contribution in [-0.2, 0) is 18.9 Å². The van der Waals surface area contributed by atoms with Gasteiger partial charge in [-0.1, -0.05) is 6.58 Å². The molecule has 0 saturated carbocycles. The summed E-state index contributed by atoms with van der Waals surface area (Å²) >= 11 is 0. The van der Waals surface area contributed by atoms with Crippen LogP contribution < -0.4 is 0 Å². The van der Waals surface area contributed by atoms with Gasteiger partial charge in [0.1, 0.15) is 6.61 Å². The molecular formula is C10H19O4. The van der Waals surface area contributed by atoms with Crippen molar-refractivity contribution in [3.05, 3.63) is 19.8 Å². The minimum Gasteiger partial charge on any atom is -0.446 e. The van der Waals surface area contributed by atoms with Crippen LogP contribution in [0.2, 0.25) is 0 Å². The molecule has 0 amide bonds. The fourth-order valence-electron chi connectivity index (χ4n) is 0.991. The lowest BCUT2D eigenvalue weighted by Gasteiger charge is -2.30. The van der Waals surface area contributed by atoms with Crippen molar-refractivity contribution in [2.45, 2.75) is 19.8 Å². The Balaban J connectivity index is 4.28. The van der Waals surface area contributed by atoms with Gasteiger partial charge in [-0.3, -0.25) is 0 Å².